The SMILES string of the molecule is Cc1cc(OCCCC2=C(C(=O)NCc3cc(Br)cc(OC=O)c3)Cc3c2ccc(Cl)c3-c2c(C)nn(C)c2C)cc(C)c1Cl. The number of aromatic nitrogens is 2. The number of rotatable bonds is 11. The third-order valence-corrected chi connectivity index (χ3v) is 9.53. The number of halogens is 3. The van der Waals surface area contributed by atoms with Crippen molar-refractivity contribution in [2.24, 2.45) is 7.05 Å². The molecule has 45 heavy (non-hydrogen) atoms. The quantitative estimate of drug-likeness (QED) is 0.125. The Bertz CT molecular complexity index is 1820. The van der Waals surface area contributed by atoms with Gasteiger partial charge in [-0.05, 0) is 110 Å². The van der Waals surface area contributed by atoms with Gasteiger partial charge in [-0.25, -0.2) is 0 Å². The number of amides is 1. The lowest BCUT2D eigenvalue weighted by atomic mass is 9.93. The molecule has 1 aliphatic carbocycles. The Kier molecular flexibility index (Phi) is 10.1. The summed E-state index contributed by atoms with van der Waals surface area (Å²) in [4.78, 5) is 24.7. The van der Waals surface area contributed by atoms with Gasteiger partial charge in [-0.15, -0.1) is 0 Å². The smallest absolute Gasteiger partial charge is 0.298 e. The number of hydrogen-bond donors (Lipinski definition) is 1. The average molecular weight is 711 g/mol. The summed E-state index contributed by atoms with van der Waals surface area (Å²) in [6.45, 7) is 9.05. The molecule has 4 aromatic rings. The fourth-order valence-corrected chi connectivity index (χ4v) is 6.90. The molecule has 0 bridgehead atoms. The lowest BCUT2D eigenvalue weighted by molar-refractivity contribution is -0.121. The summed E-state index contributed by atoms with van der Waals surface area (Å²) in [5, 5.41) is 9.08. The first kappa shape index (κ1) is 32.8. The number of benzene rings is 3. The molecular weight excluding hydrogens is 677 g/mol. The van der Waals surface area contributed by atoms with Crippen molar-refractivity contribution in [2.45, 2.75) is 53.5 Å². The molecular formula is C35H34BrCl2N3O4. The highest BCUT2D eigenvalue weighted by Gasteiger charge is 2.31. The Morgan fingerprint density at radius 2 is 1.78 bits per heavy atom. The van der Waals surface area contributed by atoms with Crippen molar-refractivity contribution in [1.82, 2.24) is 15.1 Å². The number of aryl methyl sites for hydroxylation is 4. The number of ether oxygens (including phenoxy) is 2. The van der Waals surface area contributed by atoms with Crippen LogP contribution in [0.5, 0.6) is 11.5 Å². The van der Waals surface area contributed by atoms with Gasteiger partial charge in [-0.3, -0.25) is 14.3 Å². The van der Waals surface area contributed by atoms with Crippen molar-refractivity contribution in [3.8, 4) is 22.6 Å². The number of fused-ring (bicyclic) bond motifs is 1. The summed E-state index contributed by atoms with van der Waals surface area (Å²) >= 11 is 16.7. The lowest BCUT2D eigenvalue weighted by Gasteiger charge is -2.14. The van der Waals surface area contributed by atoms with Crippen LogP contribution in [-0.2, 0) is 29.6 Å². The largest absolute Gasteiger partial charge is 0.494 e. The van der Waals surface area contributed by atoms with Crippen molar-refractivity contribution in [3.63, 3.8) is 0 Å². The van der Waals surface area contributed by atoms with Gasteiger partial charge in [0.2, 0.25) is 5.91 Å². The van der Waals surface area contributed by atoms with Gasteiger partial charge in [-0.1, -0.05) is 45.2 Å². The van der Waals surface area contributed by atoms with Crippen molar-refractivity contribution in [2.75, 3.05) is 6.61 Å². The maximum absolute atomic E-state index is 13.9. The molecule has 0 fully saturated rings. The minimum absolute atomic E-state index is 0.161. The highest BCUT2D eigenvalue weighted by Crippen LogP contribution is 2.45. The predicted octanol–water partition coefficient (Wildman–Crippen LogP) is 8.41. The van der Waals surface area contributed by atoms with Crippen LogP contribution in [0.3, 0.4) is 0 Å². The van der Waals surface area contributed by atoms with Gasteiger partial charge in [0.05, 0.1) is 12.3 Å². The van der Waals surface area contributed by atoms with Crippen molar-refractivity contribution >= 4 is 57.1 Å². The summed E-state index contributed by atoms with van der Waals surface area (Å²) in [7, 11) is 1.92. The molecule has 0 radical (unpaired) electrons. The van der Waals surface area contributed by atoms with Gasteiger partial charge >= 0.3 is 0 Å². The average Bonchev–Trinajstić information content (AvgIpc) is 3.48. The zero-order valence-electron chi connectivity index (χ0n) is 25.8. The van der Waals surface area contributed by atoms with Gasteiger partial charge in [0.15, 0.2) is 0 Å². The second-order valence-corrected chi connectivity index (χ2v) is 13.0. The molecule has 3 aromatic carbocycles. The normalized spacial score (nSPS) is 12.4. The summed E-state index contributed by atoms with van der Waals surface area (Å²) in [5.41, 5.74) is 10.3. The summed E-state index contributed by atoms with van der Waals surface area (Å²) in [6.07, 6.45) is 1.78. The topological polar surface area (TPSA) is 82.4 Å². The van der Waals surface area contributed by atoms with E-state index in [1.54, 1.807) is 12.1 Å². The van der Waals surface area contributed by atoms with E-state index in [4.69, 9.17) is 32.7 Å². The van der Waals surface area contributed by atoms with E-state index >= 15 is 0 Å². The first-order valence-electron chi connectivity index (χ1n) is 14.6. The number of allylic oxidation sites excluding steroid dienone is 1. The van der Waals surface area contributed by atoms with E-state index in [1.807, 2.05) is 69.8 Å². The molecule has 10 heteroatoms. The zero-order valence-corrected chi connectivity index (χ0v) is 28.9. The maximum Gasteiger partial charge on any atom is 0.298 e. The van der Waals surface area contributed by atoms with Gasteiger partial charge in [0, 0.05) is 56.9 Å². The molecule has 7 nitrogen and oxygen atoms in total. The second kappa shape index (κ2) is 13.8. The van der Waals surface area contributed by atoms with Crippen LogP contribution in [0.4, 0.5) is 0 Å². The Balaban J connectivity index is 1.44. The fraction of sp³-hybridized carbons (Fsp3) is 0.286. The number of carbonyl (C=O) groups excluding carboxylic acids is 2. The molecule has 0 aliphatic heterocycles. The van der Waals surface area contributed by atoms with Crippen molar-refractivity contribution < 1.29 is 19.1 Å². The van der Waals surface area contributed by atoms with Crippen LogP contribution < -0.4 is 14.8 Å². The lowest BCUT2D eigenvalue weighted by Crippen LogP contribution is -2.25. The van der Waals surface area contributed by atoms with Crippen molar-refractivity contribution in [1.29, 1.82) is 0 Å². The molecule has 5 rings (SSSR count). The fourth-order valence-electron chi connectivity index (χ4n) is 6.00. The Hall–Kier alpha value is -3.59. The summed E-state index contributed by atoms with van der Waals surface area (Å²) < 4.78 is 13.7. The zero-order chi connectivity index (χ0) is 32.4. The number of hydrogen-bond acceptors (Lipinski definition) is 5. The van der Waals surface area contributed by atoms with Crippen molar-refractivity contribution in [3.05, 3.63) is 102 Å². The number of carbonyl (C=O) groups is 2. The van der Waals surface area contributed by atoms with Crippen LogP contribution in [0, 0.1) is 27.7 Å². The third kappa shape index (κ3) is 6.98. The van der Waals surface area contributed by atoms with Crippen LogP contribution in [0.2, 0.25) is 10.0 Å². The molecule has 0 spiro atoms. The van der Waals surface area contributed by atoms with Crippen LogP contribution >= 0.6 is 39.1 Å². The molecule has 0 saturated heterocycles. The third-order valence-electron chi connectivity index (χ3n) is 8.16. The molecule has 1 aliphatic rings. The summed E-state index contributed by atoms with van der Waals surface area (Å²) in [5.74, 6) is 1.01. The van der Waals surface area contributed by atoms with Gasteiger partial charge in [0.1, 0.15) is 11.5 Å². The van der Waals surface area contributed by atoms with Gasteiger partial charge < -0.3 is 14.8 Å². The molecule has 1 amide bonds. The first-order valence-corrected chi connectivity index (χ1v) is 16.1. The number of nitrogens with zero attached hydrogens (tertiary/aromatic N) is 2. The predicted molar refractivity (Wildman–Crippen MR) is 182 cm³/mol. The highest BCUT2D eigenvalue weighted by atomic mass is 79.9. The van der Waals surface area contributed by atoms with E-state index in [-0.39, 0.29) is 12.5 Å². The molecule has 0 saturated carbocycles. The number of nitrogens with one attached hydrogen (secondary N) is 1. The second-order valence-electron chi connectivity index (χ2n) is 11.3. The molecule has 0 atom stereocenters. The minimum atomic E-state index is -0.161. The Morgan fingerprint density at radius 1 is 1.04 bits per heavy atom. The highest BCUT2D eigenvalue weighted by molar-refractivity contribution is 9.10. The first-order chi connectivity index (χ1) is 21.5. The minimum Gasteiger partial charge on any atom is -0.494 e. The van der Waals surface area contributed by atoms with Crippen LogP contribution in [0.1, 0.15) is 52.0 Å². The van der Waals surface area contributed by atoms with Gasteiger partial charge in [0.25, 0.3) is 6.47 Å². The Labute approximate surface area is 281 Å². The molecule has 1 aromatic heterocycles. The van der Waals surface area contributed by atoms with E-state index in [9.17, 15) is 9.59 Å². The van der Waals surface area contributed by atoms with E-state index in [2.05, 4.69) is 26.3 Å². The van der Waals surface area contributed by atoms with E-state index < -0.39 is 0 Å². The standard InChI is InChI=1S/C35H34BrCl2N3O4/c1-19-11-25(12-20(2)34(19)38)44-10-6-7-27-28-8-9-31(37)33(32-21(3)40-41(5)22(32)4)29(28)16-30(27)35(43)39-17-23-13-24(36)15-26(14-23)45-18-42/h8-9,11-15,18H,6-7,10,16-17H2,1-5H3,(H,39,43). The van der Waals surface area contributed by atoms with E-state index in [1.165, 1.54) is 0 Å². The molecule has 0 unspecified atom stereocenters. The van der Waals surface area contributed by atoms with Crippen LogP contribution in [-0.4, -0.2) is 28.8 Å². The monoisotopic (exact) mass is 709 g/mol. The summed E-state index contributed by atoms with van der Waals surface area (Å²) in [6, 6.07) is 13.1. The Morgan fingerprint density at radius 3 is 2.44 bits per heavy atom. The molecule has 1 heterocycles. The molecule has 234 valence electrons. The van der Waals surface area contributed by atoms with Gasteiger partial charge in [-0.2, -0.15) is 5.10 Å². The van der Waals surface area contributed by atoms with Crippen LogP contribution in [0.15, 0.2) is 52.5 Å². The van der Waals surface area contributed by atoms with E-state index in [0.29, 0.717) is 48.7 Å². The van der Waals surface area contributed by atoms with Crippen LogP contribution in [0.25, 0.3) is 16.7 Å². The molecule has 1 N–H and O–H groups in total. The maximum atomic E-state index is 13.9. The van der Waals surface area contributed by atoms with E-state index in [0.717, 1.165) is 71.1 Å².